The Balaban J connectivity index is 1.28. The van der Waals surface area contributed by atoms with E-state index in [-0.39, 0.29) is 23.2 Å². The monoisotopic (exact) mass is 398 g/mol. The van der Waals surface area contributed by atoms with Gasteiger partial charge in [0.2, 0.25) is 0 Å². The molecular weight excluding hydrogens is 375 g/mol. The Kier molecular flexibility index (Phi) is 4.81. The number of likely N-dealkylation sites (tertiary alicyclic amines) is 1. The quantitative estimate of drug-likeness (QED) is 0.714. The van der Waals surface area contributed by atoms with Crippen molar-refractivity contribution in [2.45, 2.75) is 31.4 Å². The number of H-pyrrole nitrogens is 1. The molecule has 0 aliphatic carbocycles. The van der Waals surface area contributed by atoms with Gasteiger partial charge in [-0.3, -0.25) is 14.1 Å². The third-order valence-corrected chi connectivity index (χ3v) is 5.65. The third kappa shape index (κ3) is 3.65. The molecule has 4 heterocycles. The number of benzene rings is 1. The van der Waals surface area contributed by atoms with E-state index in [0.29, 0.717) is 31.1 Å². The summed E-state index contributed by atoms with van der Waals surface area (Å²) in [5.41, 5.74) is 1.27. The lowest BCUT2D eigenvalue weighted by Gasteiger charge is -2.38. The zero-order valence-corrected chi connectivity index (χ0v) is 16.0. The Labute approximate surface area is 167 Å². The van der Waals surface area contributed by atoms with Crippen LogP contribution in [0.4, 0.5) is 4.39 Å². The maximum atomic E-state index is 13.7. The number of aromatic amines is 1. The van der Waals surface area contributed by atoms with E-state index >= 15 is 0 Å². The summed E-state index contributed by atoms with van der Waals surface area (Å²) < 4.78 is 26.8. The number of halogens is 1. The second-order valence-electron chi connectivity index (χ2n) is 7.73. The van der Waals surface area contributed by atoms with Crippen LogP contribution in [0.3, 0.4) is 0 Å². The maximum absolute atomic E-state index is 13.7. The second-order valence-corrected chi connectivity index (χ2v) is 7.73. The highest BCUT2D eigenvalue weighted by atomic mass is 19.1. The van der Waals surface area contributed by atoms with Gasteiger partial charge in [0.1, 0.15) is 17.4 Å². The molecule has 2 aliphatic heterocycles. The van der Waals surface area contributed by atoms with E-state index in [1.807, 2.05) is 10.6 Å². The average molecular weight is 398 g/mol. The summed E-state index contributed by atoms with van der Waals surface area (Å²) >= 11 is 0. The van der Waals surface area contributed by atoms with Gasteiger partial charge in [-0.2, -0.15) is 0 Å². The van der Waals surface area contributed by atoms with Crippen molar-refractivity contribution in [1.82, 2.24) is 19.3 Å². The van der Waals surface area contributed by atoms with Crippen LogP contribution >= 0.6 is 0 Å². The third-order valence-electron chi connectivity index (χ3n) is 5.65. The van der Waals surface area contributed by atoms with Gasteiger partial charge in [0.25, 0.3) is 5.56 Å². The maximum Gasteiger partial charge on any atom is 0.274 e. The van der Waals surface area contributed by atoms with Crippen molar-refractivity contribution in [3.8, 4) is 5.75 Å². The summed E-state index contributed by atoms with van der Waals surface area (Å²) in [4.78, 5) is 22.1. The molecule has 0 bridgehead atoms. The minimum Gasteiger partial charge on any atom is -0.485 e. The smallest absolute Gasteiger partial charge is 0.274 e. The highest BCUT2D eigenvalue weighted by Gasteiger charge is 2.29. The van der Waals surface area contributed by atoms with Crippen molar-refractivity contribution >= 4 is 5.52 Å². The molecule has 2 aliphatic rings. The number of para-hydroxylation sites is 1. The lowest BCUT2D eigenvalue weighted by atomic mass is 10.00. The van der Waals surface area contributed by atoms with Gasteiger partial charge >= 0.3 is 0 Å². The highest BCUT2D eigenvalue weighted by Crippen LogP contribution is 2.26. The molecule has 2 saturated heterocycles. The molecule has 1 N–H and O–H groups in total. The molecule has 5 rings (SSSR count). The zero-order chi connectivity index (χ0) is 19.8. The van der Waals surface area contributed by atoms with Crippen LogP contribution in [0, 0.1) is 5.82 Å². The first-order chi connectivity index (χ1) is 14.2. The fourth-order valence-corrected chi connectivity index (χ4v) is 4.10. The normalized spacial score (nSPS) is 18.8. The van der Waals surface area contributed by atoms with Gasteiger partial charge in [0, 0.05) is 50.7 Å². The van der Waals surface area contributed by atoms with E-state index in [9.17, 15) is 9.18 Å². The molecule has 0 atom stereocenters. The van der Waals surface area contributed by atoms with Gasteiger partial charge in [0.15, 0.2) is 11.6 Å². The molecular formula is C21H23FN4O3. The molecule has 7 nitrogen and oxygen atoms in total. The second kappa shape index (κ2) is 7.61. The first-order valence-electron chi connectivity index (χ1n) is 9.98. The van der Waals surface area contributed by atoms with Crippen molar-refractivity contribution in [2.24, 2.45) is 0 Å². The highest BCUT2D eigenvalue weighted by molar-refractivity contribution is 5.44. The number of nitrogens with one attached hydrogen (secondary N) is 1. The van der Waals surface area contributed by atoms with Crippen LogP contribution in [-0.2, 0) is 11.3 Å². The predicted octanol–water partition coefficient (Wildman–Crippen LogP) is 2.32. The molecule has 0 unspecified atom stereocenters. The van der Waals surface area contributed by atoms with Crippen molar-refractivity contribution in [3.63, 3.8) is 0 Å². The van der Waals surface area contributed by atoms with Gasteiger partial charge in [-0.05, 0) is 25.0 Å². The summed E-state index contributed by atoms with van der Waals surface area (Å²) in [6, 6.07) is 6.44. The molecule has 0 saturated carbocycles. The Hall–Kier alpha value is -2.71. The SMILES string of the molecule is O=c1[nH]c(CN2CC(Oc3ccccc3F)C2)cn2c(C3CCOCC3)ncc12. The van der Waals surface area contributed by atoms with Crippen molar-refractivity contribution in [3.05, 3.63) is 64.3 Å². The lowest BCUT2D eigenvalue weighted by Crippen LogP contribution is -2.53. The summed E-state index contributed by atoms with van der Waals surface area (Å²) in [5.74, 6) is 1.18. The van der Waals surface area contributed by atoms with E-state index in [0.717, 1.165) is 37.6 Å². The topological polar surface area (TPSA) is 71.9 Å². The molecule has 0 amide bonds. The van der Waals surface area contributed by atoms with E-state index < -0.39 is 0 Å². The van der Waals surface area contributed by atoms with Crippen LogP contribution in [-0.4, -0.2) is 51.7 Å². The van der Waals surface area contributed by atoms with E-state index in [1.165, 1.54) is 6.07 Å². The molecule has 1 aromatic carbocycles. The number of ether oxygens (including phenoxy) is 2. The Bertz CT molecular complexity index is 1070. The molecule has 2 fully saturated rings. The van der Waals surface area contributed by atoms with Crippen LogP contribution in [0.25, 0.3) is 5.52 Å². The Morgan fingerprint density at radius 2 is 2.03 bits per heavy atom. The number of hydrogen-bond donors (Lipinski definition) is 1. The molecule has 29 heavy (non-hydrogen) atoms. The van der Waals surface area contributed by atoms with Gasteiger partial charge in [-0.25, -0.2) is 9.37 Å². The average Bonchev–Trinajstić information content (AvgIpc) is 3.13. The first-order valence-corrected chi connectivity index (χ1v) is 9.98. The Morgan fingerprint density at radius 1 is 1.24 bits per heavy atom. The molecule has 152 valence electrons. The number of aromatic nitrogens is 3. The summed E-state index contributed by atoms with van der Waals surface area (Å²) in [5, 5.41) is 0. The largest absolute Gasteiger partial charge is 0.485 e. The lowest BCUT2D eigenvalue weighted by molar-refractivity contribution is 0.0115. The molecule has 3 aromatic rings. The van der Waals surface area contributed by atoms with Crippen molar-refractivity contribution in [2.75, 3.05) is 26.3 Å². The van der Waals surface area contributed by atoms with E-state index in [2.05, 4.69) is 14.9 Å². The van der Waals surface area contributed by atoms with Crippen LogP contribution in [0.15, 0.2) is 41.5 Å². The molecule has 0 radical (unpaired) electrons. The zero-order valence-electron chi connectivity index (χ0n) is 16.0. The van der Waals surface area contributed by atoms with Crippen LogP contribution < -0.4 is 10.3 Å². The number of nitrogens with zero attached hydrogens (tertiary/aromatic N) is 3. The fraction of sp³-hybridized carbons (Fsp3) is 0.429. The van der Waals surface area contributed by atoms with Gasteiger partial charge in [-0.15, -0.1) is 0 Å². The summed E-state index contributed by atoms with van der Waals surface area (Å²) in [6.07, 6.45) is 5.41. The molecule has 8 heteroatoms. The standard InChI is InChI=1S/C21H23FN4O3/c22-17-3-1-2-4-19(17)29-16-12-25(13-16)10-15-11-26-18(21(27)24-15)9-23-20(26)14-5-7-28-8-6-14/h1-4,9,11,14,16H,5-8,10,12-13H2,(H,24,27). The predicted molar refractivity (Wildman–Crippen MR) is 105 cm³/mol. The minimum atomic E-state index is -0.346. The number of imidazole rings is 1. The Morgan fingerprint density at radius 3 is 2.83 bits per heavy atom. The van der Waals surface area contributed by atoms with E-state index in [4.69, 9.17) is 9.47 Å². The molecule has 2 aromatic heterocycles. The fourth-order valence-electron chi connectivity index (χ4n) is 4.10. The minimum absolute atomic E-state index is 0.0478. The number of hydrogen-bond acceptors (Lipinski definition) is 5. The number of fused-ring (bicyclic) bond motifs is 1. The summed E-state index contributed by atoms with van der Waals surface area (Å²) in [7, 11) is 0. The summed E-state index contributed by atoms with van der Waals surface area (Å²) in [6.45, 7) is 3.43. The van der Waals surface area contributed by atoms with Crippen molar-refractivity contribution < 1.29 is 13.9 Å². The van der Waals surface area contributed by atoms with Crippen LogP contribution in [0.2, 0.25) is 0 Å². The van der Waals surface area contributed by atoms with Crippen molar-refractivity contribution in [1.29, 1.82) is 0 Å². The number of rotatable bonds is 5. The van der Waals surface area contributed by atoms with Gasteiger partial charge in [-0.1, -0.05) is 12.1 Å². The molecule has 0 spiro atoms. The van der Waals surface area contributed by atoms with Crippen LogP contribution in [0.1, 0.15) is 30.3 Å². The van der Waals surface area contributed by atoms with Gasteiger partial charge < -0.3 is 14.5 Å². The van der Waals surface area contributed by atoms with E-state index in [1.54, 1.807) is 24.4 Å². The van der Waals surface area contributed by atoms with Crippen LogP contribution in [0.5, 0.6) is 5.75 Å². The van der Waals surface area contributed by atoms with Gasteiger partial charge in [0.05, 0.1) is 6.20 Å². The first kappa shape index (κ1) is 18.3.